The number of halogens is 1. The Morgan fingerprint density at radius 2 is 1.96 bits per heavy atom. The van der Waals surface area contributed by atoms with Crippen molar-refractivity contribution in [3.8, 4) is 0 Å². The highest BCUT2D eigenvalue weighted by Crippen LogP contribution is 2.09. The molecule has 1 aromatic carbocycles. The van der Waals surface area contributed by atoms with Crippen LogP contribution >= 0.6 is 0 Å². The van der Waals surface area contributed by atoms with Gasteiger partial charge < -0.3 is 10.6 Å². The van der Waals surface area contributed by atoms with Crippen LogP contribution < -0.4 is 10.6 Å². The minimum atomic E-state index is -0.229. The Hall–Kier alpha value is -2.43. The number of amides is 1. The number of anilines is 1. The molecule has 0 aliphatic rings. The molecule has 0 aliphatic heterocycles. The number of carbonyl (C=O) groups is 1. The summed E-state index contributed by atoms with van der Waals surface area (Å²) in [5.74, 6) is -0.333. The van der Waals surface area contributed by atoms with Crippen LogP contribution in [0.4, 0.5) is 10.1 Å². The van der Waals surface area contributed by atoms with Crippen LogP contribution in [-0.2, 0) is 6.42 Å². The van der Waals surface area contributed by atoms with Gasteiger partial charge >= 0.3 is 0 Å². The highest BCUT2D eigenvalue weighted by molar-refractivity contribution is 5.94. The van der Waals surface area contributed by atoms with E-state index in [0.29, 0.717) is 18.7 Å². The van der Waals surface area contributed by atoms with E-state index >= 15 is 0 Å². The van der Waals surface area contributed by atoms with Gasteiger partial charge in [0.25, 0.3) is 5.91 Å². The van der Waals surface area contributed by atoms with E-state index in [1.807, 2.05) is 0 Å². The van der Waals surface area contributed by atoms with Gasteiger partial charge in [0.05, 0.1) is 11.3 Å². The van der Waals surface area contributed by atoms with Gasteiger partial charge in [-0.2, -0.15) is 0 Å². The maximum atomic E-state index is 12.8. The minimum Gasteiger partial charge on any atom is -0.383 e. The lowest BCUT2D eigenvalue weighted by Crippen LogP contribution is -2.24. The van der Waals surface area contributed by atoms with Crippen LogP contribution in [-0.4, -0.2) is 24.0 Å². The van der Waals surface area contributed by atoms with Crippen LogP contribution in [0.1, 0.15) is 35.7 Å². The number of benzene rings is 1. The molecule has 0 saturated carbocycles. The standard InChI is InChI=1S/C18H22FN3O/c1-2-3-9-22-18(23)15-11-17(13-20-12-15)21-10-8-14-4-6-16(19)7-5-14/h4-7,11-13,21H,2-3,8-10H2,1H3,(H,22,23). The van der Waals surface area contributed by atoms with E-state index in [4.69, 9.17) is 0 Å². The molecule has 2 N–H and O–H groups in total. The number of rotatable bonds is 8. The van der Waals surface area contributed by atoms with Gasteiger partial charge in [0.15, 0.2) is 0 Å². The molecule has 1 heterocycles. The number of carbonyl (C=O) groups excluding carboxylic acids is 1. The zero-order valence-corrected chi connectivity index (χ0v) is 13.3. The zero-order valence-electron chi connectivity index (χ0n) is 13.3. The van der Waals surface area contributed by atoms with Crippen molar-refractivity contribution in [2.45, 2.75) is 26.2 Å². The summed E-state index contributed by atoms with van der Waals surface area (Å²) in [4.78, 5) is 16.1. The number of nitrogens with one attached hydrogen (secondary N) is 2. The second kappa shape index (κ2) is 8.88. The average molecular weight is 315 g/mol. The van der Waals surface area contributed by atoms with Gasteiger partial charge in [0.2, 0.25) is 0 Å². The SMILES string of the molecule is CCCCNC(=O)c1cncc(NCCc2ccc(F)cc2)c1. The minimum absolute atomic E-state index is 0.104. The van der Waals surface area contributed by atoms with Crippen molar-refractivity contribution in [1.82, 2.24) is 10.3 Å². The quantitative estimate of drug-likeness (QED) is 0.734. The smallest absolute Gasteiger partial charge is 0.252 e. The fraction of sp³-hybridized carbons (Fsp3) is 0.333. The van der Waals surface area contributed by atoms with Crippen LogP contribution in [0.15, 0.2) is 42.7 Å². The van der Waals surface area contributed by atoms with Gasteiger partial charge in [-0.1, -0.05) is 25.5 Å². The molecule has 122 valence electrons. The third-order valence-corrected chi connectivity index (χ3v) is 3.47. The number of hydrogen-bond donors (Lipinski definition) is 2. The molecule has 5 heteroatoms. The van der Waals surface area contributed by atoms with Gasteiger partial charge in [-0.25, -0.2) is 4.39 Å². The summed E-state index contributed by atoms with van der Waals surface area (Å²) >= 11 is 0. The largest absolute Gasteiger partial charge is 0.383 e. The molecule has 0 spiro atoms. The monoisotopic (exact) mass is 315 g/mol. The highest BCUT2D eigenvalue weighted by atomic mass is 19.1. The number of unbranched alkanes of at least 4 members (excludes halogenated alkanes) is 1. The molecule has 0 aliphatic carbocycles. The number of pyridine rings is 1. The first-order chi connectivity index (χ1) is 11.2. The van der Waals surface area contributed by atoms with Crippen molar-refractivity contribution in [2.24, 2.45) is 0 Å². The zero-order chi connectivity index (χ0) is 16.5. The van der Waals surface area contributed by atoms with E-state index in [0.717, 1.165) is 30.5 Å². The fourth-order valence-corrected chi connectivity index (χ4v) is 2.14. The molecule has 1 aromatic heterocycles. The molecule has 0 fully saturated rings. The molecular weight excluding hydrogens is 293 g/mol. The van der Waals surface area contributed by atoms with Crippen molar-refractivity contribution in [3.05, 3.63) is 59.7 Å². The average Bonchev–Trinajstić information content (AvgIpc) is 2.57. The molecule has 2 aromatic rings. The Labute approximate surface area is 136 Å². The van der Waals surface area contributed by atoms with Crippen LogP contribution in [0.5, 0.6) is 0 Å². The van der Waals surface area contributed by atoms with Gasteiger partial charge in [0, 0.05) is 25.5 Å². The first-order valence-corrected chi connectivity index (χ1v) is 7.90. The lowest BCUT2D eigenvalue weighted by atomic mass is 10.1. The van der Waals surface area contributed by atoms with Crippen molar-refractivity contribution in [3.63, 3.8) is 0 Å². The van der Waals surface area contributed by atoms with Gasteiger partial charge in [0.1, 0.15) is 5.82 Å². The lowest BCUT2D eigenvalue weighted by Gasteiger charge is -2.08. The van der Waals surface area contributed by atoms with E-state index in [1.165, 1.54) is 12.1 Å². The van der Waals surface area contributed by atoms with E-state index in [1.54, 1.807) is 30.6 Å². The van der Waals surface area contributed by atoms with E-state index < -0.39 is 0 Å². The summed E-state index contributed by atoms with van der Waals surface area (Å²) in [6.45, 7) is 3.45. The van der Waals surface area contributed by atoms with Crippen LogP contribution in [0.25, 0.3) is 0 Å². The molecule has 0 radical (unpaired) electrons. The third kappa shape index (κ3) is 5.70. The summed E-state index contributed by atoms with van der Waals surface area (Å²) in [5, 5.41) is 6.11. The van der Waals surface area contributed by atoms with Crippen LogP contribution in [0, 0.1) is 5.82 Å². The van der Waals surface area contributed by atoms with Gasteiger partial charge in [-0.15, -0.1) is 0 Å². The molecule has 4 nitrogen and oxygen atoms in total. The number of nitrogens with zero attached hydrogens (tertiary/aromatic N) is 1. The van der Waals surface area contributed by atoms with Crippen molar-refractivity contribution < 1.29 is 9.18 Å². The van der Waals surface area contributed by atoms with Crippen LogP contribution in [0.2, 0.25) is 0 Å². The predicted octanol–water partition coefficient (Wildman–Crippen LogP) is 3.41. The highest BCUT2D eigenvalue weighted by Gasteiger charge is 2.06. The Kier molecular flexibility index (Phi) is 6.54. The number of hydrogen-bond acceptors (Lipinski definition) is 3. The third-order valence-electron chi connectivity index (χ3n) is 3.47. The maximum Gasteiger partial charge on any atom is 0.252 e. The van der Waals surface area contributed by atoms with Crippen molar-refractivity contribution in [1.29, 1.82) is 0 Å². The number of aromatic nitrogens is 1. The molecule has 23 heavy (non-hydrogen) atoms. The Balaban J connectivity index is 1.84. The first kappa shape index (κ1) is 16.9. The van der Waals surface area contributed by atoms with Gasteiger partial charge in [-0.3, -0.25) is 9.78 Å². The Morgan fingerprint density at radius 1 is 1.17 bits per heavy atom. The maximum absolute atomic E-state index is 12.8. The van der Waals surface area contributed by atoms with Crippen LogP contribution in [0.3, 0.4) is 0 Å². The summed E-state index contributed by atoms with van der Waals surface area (Å²) in [6, 6.07) is 8.25. The summed E-state index contributed by atoms with van der Waals surface area (Å²) in [7, 11) is 0. The van der Waals surface area contributed by atoms with E-state index in [2.05, 4.69) is 22.5 Å². The fourth-order valence-electron chi connectivity index (χ4n) is 2.14. The Morgan fingerprint density at radius 3 is 2.70 bits per heavy atom. The molecule has 0 atom stereocenters. The molecule has 0 saturated heterocycles. The molecule has 0 bridgehead atoms. The Bertz CT molecular complexity index is 628. The molecule has 0 unspecified atom stereocenters. The molecule has 2 rings (SSSR count). The normalized spacial score (nSPS) is 10.3. The first-order valence-electron chi connectivity index (χ1n) is 7.90. The summed E-state index contributed by atoms with van der Waals surface area (Å²) < 4.78 is 12.8. The van der Waals surface area contributed by atoms with E-state index in [-0.39, 0.29) is 11.7 Å². The van der Waals surface area contributed by atoms with E-state index in [9.17, 15) is 9.18 Å². The molecular formula is C18H22FN3O. The van der Waals surface area contributed by atoms with Crippen molar-refractivity contribution in [2.75, 3.05) is 18.4 Å². The second-order valence-corrected chi connectivity index (χ2v) is 5.37. The molecule has 1 amide bonds. The lowest BCUT2D eigenvalue weighted by molar-refractivity contribution is 0.0953. The predicted molar refractivity (Wildman–Crippen MR) is 90.1 cm³/mol. The second-order valence-electron chi connectivity index (χ2n) is 5.37. The van der Waals surface area contributed by atoms with Gasteiger partial charge in [-0.05, 0) is 36.6 Å². The topological polar surface area (TPSA) is 54.0 Å². The summed E-state index contributed by atoms with van der Waals surface area (Å²) in [6.07, 6.45) is 6.03. The van der Waals surface area contributed by atoms with Crippen molar-refractivity contribution >= 4 is 11.6 Å². The summed E-state index contributed by atoms with van der Waals surface area (Å²) in [5.41, 5.74) is 2.41.